The van der Waals surface area contributed by atoms with Crippen molar-refractivity contribution in [1.29, 1.82) is 0 Å². The van der Waals surface area contributed by atoms with Gasteiger partial charge in [-0.15, -0.1) is 0 Å². The van der Waals surface area contributed by atoms with Crippen molar-refractivity contribution in [3.8, 4) is 5.75 Å². The van der Waals surface area contributed by atoms with E-state index < -0.39 is 18.9 Å². The minimum absolute atomic E-state index is 0.0136. The van der Waals surface area contributed by atoms with Crippen LogP contribution in [0.25, 0.3) is 0 Å². The minimum Gasteiger partial charge on any atom is -0.485 e. The molecule has 0 unspecified atom stereocenters. The zero-order valence-corrected chi connectivity index (χ0v) is 13.7. The van der Waals surface area contributed by atoms with Crippen molar-refractivity contribution < 1.29 is 23.0 Å². The molecule has 2 N–H and O–H groups in total. The van der Waals surface area contributed by atoms with Crippen LogP contribution in [0, 0.1) is 5.41 Å². The van der Waals surface area contributed by atoms with Gasteiger partial charge < -0.3 is 20.1 Å². The molecule has 2 heterocycles. The summed E-state index contributed by atoms with van der Waals surface area (Å²) < 4.78 is 34.9. The fraction of sp³-hybridized carbons (Fsp3) is 0.625. The molecule has 1 aromatic heterocycles. The summed E-state index contributed by atoms with van der Waals surface area (Å²) in [6, 6.07) is 3.00. The molecular weight excluding hydrogens is 320 g/mol. The van der Waals surface area contributed by atoms with E-state index in [1.54, 1.807) is 7.11 Å². The number of hydrogen-bond donors (Lipinski definition) is 2. The van der Waals surface area contributed by atoms with Crippen LogP contribution >= 0.6 is 0 Å². The third-order valence-electron chi connectivity index (χ3n) is 4.09. The quantitative estimate of drug-likeness (QED) is 0.748. The summed E-state index contributed by atoms with van der Waals surface area (Å²) in [5, 5.41) is 6.13. The number of rotatable bonds is 8. The first-order valence-electron chi connectivity index (χ1n) is 7.90. The summed E-state index contributed by atoms with van der Waals surface area (Å²) in [6.07, 6.45) is 0.594. The second-order valence-electron chi connectivity index (χ2n) is 5.92. The van der Waals surface area contributed by atoms with Crippen molar-refractivity contribution in [2.24, 2.45) is 5.41 Å². The maximum absolute atomic E-state index is 12.4. The van der Waals surface area contributed by atoms with Gasteiger partial charge in [-0.1, -0.05) is 0 Å². The lowest BCUT2D eigenvalue weighted by Crippen LogP contribution is -2.47. The average Bonchev–Trinajstić information content (AvgIpc) is 2.59. The number of alkyl halides is 2. The van der Waals surface area contributed by atoms with Gasteiger partial charge >= 0.3 is 0 Å². The number of carbonyl (C=O) groups is 1. The van der Waals surface area contributed by atoms with Crippen molar-refractivity contribution in [3.63, 3.8) is 0 Å². The Morgan fingerprint density at radius 1 is 1.46 bits per heavy atom. The fourth-order valence-electron chi connectivity index (χ4n) is 2.82. The van der Waals surface area contributed by atoms with Gasteiger partial charge in [0.05, 0.1) is 6.61 Å². The van der Waals surface area contributed by atoms with E-state index in [0.29, 0.717) is 13.2 Å². The zero-order valence-electron chi connectivity index (χ0n) is 13.7. The first kappa shape index (κ1) is 18.5. The van der Waals surface area contributed by atoms with Crippen molar-refractivity contribution in [2.45, 2.75) is 19.3 Å². The van der Waals surface area contributed by atoms with Gasteiger partial charge in [-0.2, -0.15) is 0 Å². The molecule has 1 saturated heterocycles. The number of aromatic nitrogens is 1. The number of hydrogen-bond acceptors (Lipinski definition) is 5. The maximum atomic E-state index is 12.4. The first-order valence-corrected chi connectivity index (χ1v) is 7.90. The zero-order chi connectivity index (χ0) is 17.4. The van der Waals surface area contributed by atoms with Gasteiger partial charge in [0.2, 0.25) is 0 Å². The highest BCUT2D eigenvalue weighted by molar-refractivity contribution is 5.94. The van der Waals surface area contributed by atoms with Crippen LogP contribution in [0.1, 0.15) is 23.3 Å². The van der Waals surface area contributed by atoms with Crippen LogP contribution in [-0.4, -0.2) is 57.3 Å². The second kappa shape index (κ2) is 8.89. The van der Waals surface area contributed by atoms with Gasteiger partial charge in [0.1, 0.15) is 6.61 Å². The summed E-state index contributed by atoms with van der Waals surface area (Å²) in [4.78, 5) is 16.4. The molecule has 0 saturated carbocycles. The molecule has 134 valence electrons. The third-order valence-corrected chi connectivity index (χ3v) is 4.09. The molecule has 0 aliphatic carbocycles. The van der Waals surface area contributed by atoms with Crippen molar-refractivity contribution in [1.82, 2.24) is 15.6 Å². The number of pyridine rings is 1. The number of methoxy groups -OCH3 is 1. The van der Waals surface area contributed by atoms with E-state index in [1.807, 2.05) is 0 Å². The summed E-state index contributed by atoms with van der Waals surface area (Å²) in [7, 11) is 1.64. The van der Waals surface area contributed by atoms with Crippen LogP contribution in [0.4, 0.5) is 8.78 Å². The number of carbonyl (C=O) groups excluding carboxylic acids is 1. The SMILES string of the molecule is COCC1(CNC(=O)c2ncccc2OCC(F)F)CCNCC1. The first-order chi connectivity index (χ1) is 11.6. The van der Waals surface area contributed by atoms with E-state index in [1.165, 1.54) is 18.3 Å². The number of halogens is 2. The highest BCUT2D eigenvalue weighted by Gasteiger charge is 2.33. The monoisotopic (exact) mass is 343 g/mol. The van der Waals surface area contributed by atoms with E-state index in [9.17, 15) is 13.6 Å². The van der Waals surface area contributed by atoms with Gasteiger partial charge in [-0.05, 0) is 38.1 Å². The Morgan fingerprint density at radius 2 is 2.21 bits per heavy atom. The largest absolute Gasteiger partial charge is 0.485 e. The van der Waals surface area contributed by atoms with Gasteiger partial charge in [-0.3, -0.25) is 4.79 Å². The predicted molar refractivity (Wildman–Crippen MR) is 84.5 cm³/mol. The normalized spacial score (nSPS) is 16.8. The Hall–Kier alpha value is -1.80. The standard InChI is InChI=1S/C16H23F2N3O3/c1-23-11-16(4-7-19-8-5-16)10-21-15(22)14-12(3-2-6-20-14)24-9-13(17)18/h2-3,6,13,19H,4-5,7-11H2,1H3,(H,21,22). The molecule has 8 heteroatoms. The fourth-order valence-corrected chi connectivity index (χ4v) is 2.82. The molecule has 0 spiro atoms. The Labute approximate surface area is 139 Å². The minimum atomic E-state index is -2.61. The van der Waals surface area contributed by atoms with Crippen LogP contribution < -0.4 is 15.4 Å². The number of nitrogens with zero attached hydrogens (tertiary/aromatic N) is 1. The van der Waals surface area contributed by atoms with E-state index in [0.717, 1.165) is 25.9 Å². The van der Waals surface area contributed by atoms with Crippen LogP contribution in [0.5, 0.6) is 5.75 Å². The van der Waals surface area contributed by atoms with Crippen molar-refractivity contribution >= 4 is 5.91 Å². The molecule has 24 heavy (non-hydrogen) atoms. The van der Waals surface area contributed by atoms with Crippen LogP contribution in [-0.2, 0) is 4.74 Å². The highest BCUT2D eigenvalue weighted by Crippen LogP contribution is 2.28. The summed E-state index contributed by atoms with van der Waals surface area (Å²) in [5.41, 5.74) is -0.117. The van der Waals surface area contributed by atoms with E-state index in [4.69, 9.17) is 9.47 Å². The lowest BCUT2D eigenvalue weighted by molar-refractivity contribution is 0.0508. The maximum Gasteiger partial charge on any atom is 0.273 e. The van der Waals surface area contributed by atoms with Gasteiger partial charge in [0.25, 0.3) is 12.3 Å². The Balaban J connectivity index is 2.01. The summed E-state index contributed by atoms with van der Waals surface area (Å²) >= 11 is 0. The molecule has 1 aliphatic rings. The van der Waals surface area contributed by atoms with Gasteiger partial charge in [-0.25, -0.2) is 13.8 Å². The van der Waals surface area contributed by atoms with E-state index in [2.05, 4.69) is 15.6 Å². The molecule has 0 radical (unpaired) electrons. The van der Waals surface area contributed by atoms with Crippen LogP contribution in [0.2, 0.25) is 0 Å². The predicted octanol–water partition coefficient (Wildman–Crippen LogP) is 1.47. The number of piperidine rings is 1. The number of ether oxygens (including phenoxy) is 2. The van der Waals surface area contributed by atoms with Crippen LogP contribution in [0.15, 0.2) is 18.3 Å². The average molecular weight is 343 g/mol. The Bertz CT molecular complexity index is 532. The number of amides is 1. The lowest BCUT2D eigenvalue weighted by Gasteiger charge is -2.37. The molecule has 1 aromatic rings. The molecule has 1 amide bonds. The smallest absolute Gasteiger partial charge is 0.273 e. The molecule has 1 fully saturated rings. The summed E-state index contributed by atoms with van der Waals surface area (Å²) in [5.74, 6) is -0.379. The molecule has 6 nitrogen and oxygen atoms in total. The topological polar surface area (TPSA) is 72.5 Å². The lowest BCUT2D eigenvalue weighted by atomic mass is 9.79. The van der Waals surface area contributed by atoms with Crippen LogP contribution in [0.3, 0.4) is 0 Å². The molecule has 0 atom stereocenters. The molecule has 1 aliphatic heterocycles. The third kappa shape index (κ3) is 5.10. The van der Waals surface area contributed by atoms with E-state index in [-0.39, 0.29) is 16.9 Å². The Morgan fingerprint density at radius 3 is 2.88 bits per heavy atom. The molecule has 0 aromatic carbocycles. The molecular formula is C16H23F2N3O3. The highest BCUT2D eigenvalue weighted by atomic mass is 19.3. The van der Waals surface area contributed by atoms with Crippen molar-refractivity contribution in [3.05, 3.63) is 24.0 Å². The molecule has 2 rings (SSSR count). The van der Waals surface area contributed by atoms with Crippen molar-refractivity contribution in [2.75, 3.05) is 40.0 Å². The van der Waals surface area contributed by atoms with Gasteiger partial charge in [0, 0.05) is 25.3 Å². The number of nitrogens with one attached hydrogen (secondary N) is 2. The summed E-state index contributed by atoms with van der Waals surface area (Å²) in [6.45, 7) is 1.94. The Kier molecular flexibility index (Phi) is 6.86. The second-order valence-corrected chi connectivity index (χ2v) is 5.92. The molecule has 0 bridgehead atoms. The van der Waals surface area contributed by atoms with E-state index >= 15 is 0 Å². The van der Waals surface area contributed by atoms with Gasteiger partial charge in [0.15, 0.2) is 11.4 Å².